The van der Waals surface area contributed by atoms with Crippen LogP contribution in [0.2, 0.25) is 0 Å². The van der Waals surface area contributed by atoms with E-state index in [-0.39, 0.29) is 0 Å². The predicted molar refractivity (Wildman–Crippen MR) is 112 cm³/mol. The molecule has 0 aromatic heterocycles. The van der Waals surface area contributed by atoms with Crippen LogP contribution < -0.4 is 20.1 Å². The van der Waals surface area contributed by atoms with Crippen molar-refractivity contribution in [1.29, 1.82) is 0 Å². The van der Waals surface area contributed by atoms with Gasteiger partial charge in [0.25, 0.3) is 0 Å². The standard InChI is InChI=1S/C20H35N5O2/c1-5-27-18-9-8-17(16-19(18)26-4)23-20(21-2)22-10-6-7-11-25-14-12-24(3)13-15-25/h8-9,16H,5-7,10-15H2,1-4H3,(H2,21,22,23). The van der Waals surface area contributed by atoms with Crippen molar-refractivity contribution in [1.82, 2.24) is 15.1 Å². The average molecular weight is 378 g/mol. The van der Waals surface area contributed by atoms with E-state index in [9.17, 15) is 0 Å². The highest BCUT2D eigenvalue weighted by molar-refractivity contribution is 5.93. The molecule has 1 aliphatic heterocycles. The maximum atomic E-state index is 5.56. The lowest BCUT2D eigenvalue weighted by Crippen LogP contribution is -2.44. The Balaban J connectivity index is 1.71. The van der Waals surface area contributed by atoms with Crippen molar-refractivity contribution in [3.63, 3.8) is 0 Å². The number of nitrogens with one attached hydrogen (secondary N) is 2. The van der Waals surface area contributed by atoms with E-state index in [1.807, 2.05) is 25.1 Å². The third-order valence-corrected chi connectivity index (χ3v) is 4.74. The number of guanidine groups is 1. The van der Waals surface area contributed by atoms with E-state index in [1.54, 1.807) is 14.2 Å². The number of ether oxygens (including phenoxy) is 2. The van der Waals surface area contributed by atoms with Crippen molar-refractivity contribution in [3.05, 3.63) is 18.2 Å². The van der Waals surface area contributed by atoms with Gasteiger partial charge < -0.3 is 29.9 Å². The molecule has 2 rings (SSSR count). The summed E-state index contributed by atoms with van der Waals surface area (Å²) in [6, 6.07) is 5.80. The van der Waals surface area contributed by atoms with Gasteiger partial charge in [-0.2, -0.15) is 0 Å². The molecule has 0 spiro atoms. The number of aliphatic imine (C=N–C) groups is 1. The highest BCUT2D eigenvalue weighted by Crippen LogP contribution is 2.30. The molecule has 27 heavy (non-hydrogen) atoms. The molecule has 7 heteroatoms. The fraction of sp³-hybridized carbons (Fsp3) is 0.650. The minimum atomic E-state index is 0.612. The normalized spacial score (nSPS) is 16.2. The first-order valence-electron chi connectivity index (χ1n) is 9.85. The summed E-state index contributed by atoms with van der Waals surface area (Å²) in [5.74, 6) is 2.22. The molecule has 2 N–H and O–H groups in total. The van der Waals surface area contributed by atoms with Crippen molar-refractivity contribution in [2.24, 2.45) is 4.99 Å². The van der Waals surface area contributed by atoms with Crippen molar-refractivity contribution >= 4 is 11.6 Å². The Bertz CT molecular complexity index is 586. The second kappa shape index (κ2) is 11.7. The van der Waals surface area contributed by atoms with E-state index in [4.69, 9.17) is 9.47 Å². The molecule has 1 heterocycles. The lowest BCUT2D eigenvalue weighted by atomic mass is 10.2. The first kappa shape index (κ1) is 21.3. The number of piperazine rings is 1. The van der Waals surface area contributed by atoms with Crippen molar-refractivity contribution < 1.29 is 9.47 Å². The highest BCUT2D eigenvalue weighted by Gasteiger charge is 2.12. The Hall–Kier alpha value is -1.99. The largest absolute Gasteiger partial charge is 0.493 e. The highest BCUT2D eigenvalue weighted by atomic mass is 16.5. The molecule has 0 aliphatic carbocycles. The van der Waals surface area contributed by atoms with Gasteiger partial charge in [0.1, 0.15) is 0 Å². The van der Waals surface area contributed by atoms with Gasteiger partial charge in [-0.3, -0.25) is 4.99 Å². The molecule has 1 aromatic rings. The van der Waals surface area contributed by atoms with Crippen LogP contribution in [0.1, 0.15) is 19.8 Å². The third kappa shape index (κ3) is 7.27. The molecule has 0 amide bonds. The molecule has 0 unspecified atom stereocenters. The number of hydrogen-bond acceptors (Lipinski definition) is 5. The van der Waals surface area contributed by atoms with Gasteiger partial charge >= 0.3 is 0 Å². The Morgan fingerprint density at radius 2 is 1.93 bits per heavy atom. The second-order valence-electron chi connectivity index (χ2n) is 6.77. The van der Waals surface area contributed by atoms with E-state index >= 15 is 0 Å². The molecule has 1 aliphatic rings. The first-order valence-corrected chi connectivity index (χ1v) is 9.85. The number of unbranched alkanes of at least 4 members (excludes halogenated alkanes) is 1. The Labute approximate surface area is 163 Å². The van der Waals surface area contributed by atoms with E-state index in [0.717, 1.165) is 30.4 Å². The quantitative estimate of drug-likeness (QED) is 0.390. The summed E-state index contributed by atoms with van der Waals surface area (Å²) in [5.41, 5.74) is 0.917. The van der Waals surface area contributed by atoms with Crippen LogP contribution in [0.25, 0.3) is 0 Å². The summed E-state index contributed by atoms with van der Waals surface area (Å²) in [5, 5.41) is 6.69. The lowest BCUT2D eigenvalue weighted by Gasteiger charge is -2.32. The van der Waals surface area contributed by atoms with Gasteiger partial charge in [0.2, 0.25) is 0 Å². The minimum Gasteiger partial charge on any atom is -0.493 e. The fourth-order valence-corrected chi connectivity index (χ4v) is 3.07. The molecular weight excluding hydrogens is 342 g/mol. The van der Waals surface area contributed by atoms with Gasteiger partial charge in [-0.15, -0.1) is 0 Å². The topological polar surface area (TPSA) is 61.4 Å². The van der Waals surface area contributed by atoms with Crippen LogP contribution >= 0.6 is 0 Å². The van der Waals surface area contributed by atoms with Crippen molar-refractivity contribution in [3.8, 4) is 11.5 Å². The SMILES string of the molecule is CCOc1ccc(NC(=NC)NCCCCN2CCN(C)CC2)cc1OC. The molecule has 0 radical (unpaired) electrons. The van der Waals surface area contributed by atoms with Crippen LogP contribution in [-0.4, -0.2) is 82.8 Å². The molecular formula is C20H35N5O2. The van der Waals surface area contributed by atoms with E-state index in [1.165, 1.54) is 39.1 Å². The number of benzene rings is 1. The Morgan fingerprint density at radius 1 is 1.15 bits per heavy atom. The van der Waals surface area contributed by atoms with Crippen molar-refractivity contribution in [2.75, 3.05) is 72.4 Å². The monoisotopic (exact) mass is 377 g/mol. The number of anilines is 1. The predicted octanol–water partition coefficient (Wildman–Crippen LogP) is 2.11. The first-order chi connectivity index (χ1) is 13.2. The average Bonchev–Trinajstić information content (AvgIpc) is 2.69. The van der Waals surface area contributed by atoms with Crippen molar-refractivity contribution in [2.45, 2.75) is 19.8 Å². The van der Waals surface area contributed by atoms with E-state index < -0.39 is 0 Å². The maximum absolute atomic E-state index is 5.56. The molecule has 1 saturated heterocycles. The number of likely N-dealkylation sites (N-methyl/N-ethyl adjacent to an activating group) is 1. The number of rotatable bonds is 9. The zero-order valence-corrected chi connectivity index (χ0v) is 17.3. The molecule has 1 aromatic carbocycles. The Morgan fingerprint density at radius 3 is 2.59 bits per heavy atom. The van der Waals surface area contributed by atoms with Crippen LogP contribution in [0, 0.1) is 0 Å². The zero-order chi connectivity index (χ0) is 19.5. The van der Waals surface area contributed by atoms with Gasteiger partial charge in [0.15, 0.2) is 17.5 Å². The summed E-state index contributed by atoms with van der Waals surface area (Å²) in [6.45, 7) is 9.39. The van der Waals surface area contributed by atoms with Crippen LogP contribution in [0.3, 0.4) is 0 Å². The summed E-state index contributed by atoms with van der Waals surface area (Å²) >= 11 is 0. The molecule has 0 saturated carbocycles. The summed E-state index contributed by atoms with van der Waals surface area (Å²) in [4.78, 5) is 9.25. The van der Waals surface area contributed by atoms with Crippen LogP contribution in [0.15, 0.2) is 23.2 Å². The lowest BCUT2D eigenvalue weighted by molar-refractivity contribution is 0.152. The van der Waals surface area contributed by atoms with E-state index in [2.05, 4.69) is 32.5 Å². The molecule has 7 nitrogen and oxygen atoms in total. The van der Waals surface area contributed by atoms with Gasteiger partial charge in [-0.1, -0.05) is 0 Å². The van der Waals surface area contributed by atoms with E-state index in [0.29, 0.717) is 12.4 Å². The van der Waals surface area contributed by atoms with Crippen LogP contribution in [0.4, 0.5) is 5.69 Å². The summed E-state index contributed by atoms with van der Waals surface area (Å²) < 4.78 is 11.0. The summed E-state index contributed by atoms with van der Waals surface area (Å²) in [6.07, 6.45) is 2.32. The molecule has 1 fully saturated rings. The number of hydrogen-bond donors (Lipinski definition) is 2. The summed E-state index contributed by atoms with van der Waals surface area (Å²) in [7, 11) is 5.63. The fourth-order valence-electron chi connectivity index (χ4n) is 3.07. The Kier molecular flexibility index (Phi) is 9.21. The van der Waals surface area contributed by atoms with Gasteiger partial charge in [-0.05, 0) is 45.5 Å². The van der Waals surface area contributed by atoms with Gasteiger partial charge in [-0.25, -0.2) is 0 Å². The molecule has 152 valence electrons. The number of methoxy groups -OCH3 is 1. The van der Waals surface area contributed by atoms with Crippen LogP contribution in [0.5, 0.6) is 11.5 Å². The van der Waals surface area contributed by atoms with Gasteiger partial charge in [0, 0.05) is 51.5 Å². The number of nitrogens with zero attached hydrogens (tertiary/aromatic N) is 3. The van der Waals surface area contributed by atoms with Gasteiger partial charge in [0.05, 0.1) is 13.7 Å². The van der Waals surface area contributed by atoms with Crippen LogP contribution in [-0.2, 0) is 0 Å². The maximum Gasteiger partial charge on any atom is 0.195 e. The molecule has 0 bridgehead atoms. The zero-order valence-electron chi connectivity index (χ0n) is 17.3. The third-order valence-electron chi connectivity index (χ3n) is 4.74. The second-order valence-corrected chi connectivity index (χ2v) is 6.77. The molecule has 0 atom stereocenters. The smallest absolute Gasteiger partial charge is 0.195 e. The minimum absolute atomic E-state index is 0.612.